The van der Waals surface area contributed by atoms with Crippen LogP contribution in [0.3, 0.4) is 0 Å². The van der Waals surface area contributed by atoms with E-state index in [1.165, 1.54) is 30.6 Å². The minimum atomic E-state index is -1.02. The van der Waals surface area contributed by atoms with Gasteiger partial charge in [-0.05, 0) is 31.6 Å². The normalized spacial score (nSPS) is 33.9. The van der Waals surface area contributed by atoms with E-state index in [9.17, 15) is 19.8 Å². The number of rotatable bonds is 2. The number of β-amino-alcohol motifs (C(OH)–C–C–N with tert-alkyl or cyclic N) is 1. The van der Waals surface area contributed by atoms with Gasteiger partial charge in [0, 0.05) is 25.6 Å². The van der Waals surface area contributed by atoms with Crippen LogP contribution in [0.25, 0.3) is 0 Å². The highest BCUT2D eigenvalue weighted by atomic mass is 16.4. The molecule has 2 heterocycles. The van der Waals surface area contributed by atoms with E-state index in [0.717, 1.165) is 19.4 Å². The molecule has 0 spiro atoms. The van der Waals surface area contributed by atoms with Crippen molar-refractivity contribution >= 4 is 12.0 Å². The minimum absolute atomic E-state index is 0.142. The van der Waals surface area contributed by atoms with E-state index in [1.807, 2.05) is 4.90 Å². The van der Waals surface area contributed by atoms with Gasteiger partial charge in [0.15, 0.2) is 0 Å². The minimum Gasteiger partial charge on any atom is -0.480 e. The summed E-state index contributed by atoms with van der Waals surface area (Å²) in [7, 11) is 0. The van der Waals surface area contributed by atoms with Gasteiger partial charge in [0.1, 0.15) is 6.04 Å². The summed E-state index contributed by atoms with van der Waals surface area (Å²) in [4.78, 5) is 27.3. The number of nitrogens with zero attached hydrogens (tertiary/aromatic N) is 2. The van der Waals surface area contributed by atoms with Gasteiger partial charge in [-0.15, -0.1) is 0 Å². The van der Waals surface area contributed by atoms with E-state index < -0.39 is 18.1 Å². The number of carboxylic acid groups (broad SMARTS) is 1. The standard InChI is InChI=1S/C15H24N2O4/c18-11-8-13(14(19)20)17(9-11)15(21)16-7-3-6-12(16)10-4-1-2-5-10/h10-13,18H,1-9H2,(H,19,20)/t11?,12?,13-/m0/s1. The van der Waals surface area contributed by atoms with Gasteiger partial charge in [-0.1, -0.05) is 12.8 Å². The molecule has 3 atom stereocenters. The van der Waals surface area contributed by atoms with Gasteiger partial charge in [-0.25, -0.2) is 9.59 Å². The van der Waals surface area contributed by atoms with Crippen molar-refractivity contribution in [2.75, 3.05) is 13.1 Å². The van der Waals surface area contributed by atoms with Crippen molar-refractivity contribution in [3.05, 3.63) is 0 Å². The molecule has 0 radical (unpaired) electrons. The predicted octanol–water partition coefficient (Wildman–Crippen LogP) is 1.28. The number of aliphatic hydroxyl groups is 1. The van der Waals surface area contributed by atoms with Crippen LogP contribution >= 0.6 is 0 Å². The van der Waals surface area contributed by atoms with Crippen molar-refractivity contribution in [3.8, 4) is 0 Å². The fourth-order valence-electron chi connectivity index (χ4n) is 4.29. The first-order valence-electron chi connectivity index (χ1n) is 8.06. The van der Waals surface area contributed by atoms with Crippen LogP contribution in [-0.4, -0.2) is 63.3 Å². The number of likely N-dealkylation sites (tertiary alicyclic amines) is 2. The Balaban J connectivity index is 1.72. The number of hydrogen-bond donors (Lipinski definition) is 2. The SMILES string of the molecule is O=C(O)[C@@H]1CC(O)CN1C(=O)N1CCCC1C1CCCC1. The van der Waals surface area contributed by atoms with Crippen molar-refractivity contribution in [2.45, 2.75) is 63.1 Å². The van der Waals surface area contributed by atoms with Crippen LogP contribution in [0, 0.1) is 5.92 Å². The number of carbonyl (C=O) groups excluding carboxylic acids is 1. The van der Waals surface area contributed by atoms with Crippen LogP contribution in [0.5, 0.6) is 0 Å². The lowest BCUT2D eigenvalue weighted by Gasteiger charge is -2.34. The van der Waals surface area contributed by atoms with Crippen molar-refractivity contribution in [3.63, 3.8) is 0 Å². The summed E-state index contributed by atoms with van der Waals surface area (Å²) in [5.41, 5.74) is 0. The van der Waals surface area contributed by atoms with Crippen LogP contribution in [0.4, 0.5) is 4.79 Å². The molecule has 2 saturated heterocycles. The fraction of sp³-hybridized carbons (Fsp3) is 0.867. The monoisotopic (exact) mass is 296 g/mol. The molecule has 2 unspecified atom stereocenters. The summed E-state index contributed by atoms with van der Waals surface area (Å²) in [6.07, 6.45) is 6.29. The van der Waals surface area contributed by atoms with E-state index in [2.05, 4.69) is 0 Å². The summed E-state index contributed by atoms with van der Waals surface area (Å²) in [6, 6.07) is -0.794. The number of aliphatic hydroxyl groups excluding tert-OH is 1. The molecule has 6 heteroatoms. The smallest absolute Gasteiger partial charge is 0.326 e. The Labute approximate surface area is 124 Å². The summed E-state index contributed by atoms with van der Waals surface area (Å²) in [5.74, 6) is -0.441. The lowest BCUT2D eigenvalue weighted by molar-refractivity contribution is -0.141. The maximum Gasteiger partial charge on any atom is 0.326 e. The third kappa shape index (κ3) is 2.73. The highest BCUT2D eigenvalue weighted by Crippen LogP contribution is 2.36. The summed E-state index contributed by atoms with van der Waals surface area (Å²) >= 11 is 0. The molecular formula is C15H24N2O4. The molecule has 1 aliphatic carbocycles. The molecule has 2 N–H and O–H groups in total. The van der Waals surface area contributed by atoms with Crippen molar-refractivity contribution in [2.24, 2.45) is 5.92 Å². The Kier molecular flexibility index (Phi) is 4.06. The van der Waals surface area contributed by atoms with E-state index >= 15 is 0 Å². The number of hydrogen-bond acceptors (Lipinski definition) is 3. The van der Waals surface area contributed by atoms with Gasteiger partial charge in [-0.2, -0.15) is 0 Å². The zero-order chi connectivity index (χ0) is 15.0. The van der Waals surface area contributed by atoms with Crippen molar-refractivity contribution < 1.29 is 19.8 Å². The van der Waals surface area contributed by atoms with Gasteiger partial charge in [0.25, 0.3) is 0 Å². The van der Waals surface area contributed by atoms with Crippen LogP contribution in [-0.2, 0) is 4.79 Å². The number of urea groups is 1. The highest BCUT2D eigenvalue weighted by molar-refractivity contribution is 5.84. The third-order valence-corrected chi connectivity index (χ3v) is 5.30. The molecule has 2 amide bonds. The Bertz CT molecular complexity index is 422. The van der Waals surface area contributed by atoms with Crippen LogP contribution in [0.2, 0.25) is 0 Å². The highest BCUT2D eigenvalue weighted by Gasteiger charge is 2.44. The molecule has 118 valence electrons. The second kappa shape index (κ2) is 5.83. The maximum atomic E-state index is 12.8. The van der Waals surface area contributed by atoms with E-state index in [1.54, 1.807) is 0 Å². The zero-order valence-corrected chi connectivity index (χ0v) is 12.3. The molecule has 0 aromatic carbocycles. The lowest BCUT2D eigenvalue weighted by atomic mass is 9.96. The summed E-state index contributed by atoms with van der Waals surface area (Å²) < 4.78 is 0. The topological polar surface area (TPSA) is 81.1 Å². The quantitative estimate of drug-likeness (QED) is 0.804. The van der Waals surface area contributed by atoms with E-state index in [-0.39, 0.29) is 25.0 Å². The Morgan fingerprint density at radius 2 is 1.71 bits per heavy atom. The molecular weight excluding hydrogens is 272 g/mol. The van der Waals surface area contributed by atoms with Crippen LogP contribution in [0.15, 0.2) is 0 Å². The van der Waals surface area contributed by atoms with Crippen molar-refractivity contribution in [1.29, 1.82) is 0 Å². The second-order valence-corrected chi connectivity index (χ2v) is 6.63. The number of aliphatic carboxylic acids is 1. The molecule has 0 aromatic rings. The molecule has 3 rings (SSSR count). The third-order valence-electron chi connectivity index (χ3n) is 5.30. The van der Waals surface area contributed by atoms with Gasteiger partial charge in [0.2, 0.25) is 0 Å². The molecule has 3 fully saturated rings. The van der Waals surface area contributed by atoms with Gasteiger partial charge in [0.05, 0.1) is 6.10 Å². The van der Waals surface area contributed by atoms with Gasteiger partial charge < -0.3 is 20.0 Å². The summed E-state index contributed by atoms with van der Waals surface area (Å²) in [5, 5.41) is 19.0. The molecule has 2 aliphatic heterocycles. The van der Waals surface area contributed by atoms with Gasteiger partial charge >= 0.3 is 12.0 Å². The molecule has 1 saturated carbocycles. The Morgan fingerprint density at radius 3 is 2.38 bits per heavy atom. The Hall–Kier alpha value is -1.30. The second-order valence-electron chi connectivity index (χ2n) is 6.63. The van der Waals surface area contributed by atoms with Crippen LogP contribution in [0.1, 0.15) is 44.9 Å². The fourth-order valence-corrected chi connectivity index (χ4v) is 4.29. The molecule has 0 aromatic heterocycles. The Morgan fingerprint density at radius 1 is 1.00 bits per heavy atom. The number of carboxylic acids is 1. The zero-order valence-electron chi connectivity index (χ0n) is 12.3. The lowest BCUT2D eigenvalue weighted by Crippen LogP contribution is -2.51. The molecule has 3 aliphatic rings. The van der Waals surface area contributed by atoms with E-state index in [0.29, 0.717) is 5.92 Å². The first-order chi connectivity index (χ1) is 10.1. The van der Waals surface area contributed by atoms with Crippen molar-refractivity contribution in [1.82, 2.24) is 9.80 Å². The van der Waals surface area contributed by atoms with Gasteiger partial charge in [-0.3, -0.25) is 0 Å². The van der Waals surface area contributed by atoms with E-state index in [4.69, 9.17) is 0 Å². The molecule has 6 nitrogen and oxygen atoms in total. The first-order valence-corrected chi connectivity index (χ1v) is 8.06. The van der Waals surface area contributed by atoms with Crippen LogP contribution < -0.4 is 0 Å². The first kappa shape index (κ1) is 14.6. The molecule has 0 bridgehead atoms. The average Bonchev–Trinajstić information content (AvgIpc) is 3.17. The summed E-state index contributed by atoms with van der Waals surface area (Å²) in [6.45, 7) is 0.864. The number of amides is 2. The number of carbonyl (C=O) groups is 2. The molecule has 21 heavy (non-hydrogen) atoms. The predicted molar refractivity (Wildman–Crippen MR) is 75.8 cm³/mol. The largest absolute Gasteiger partial charge is 0.480 e. The average molecular weight is 296 g/mol. The maximum absolute atomic E-state index is 12.8.